The number of para-hydroxylation sites is 1. The van der Waals surface area contributed by atoms with Gasteiger partial charge in [0.1, 0.15) is 11.4 Å². The normalized spacial score (nSPS) is 12.8. The van der Waals surface area contributed by atoms with Crippen molar-refractivity contribution in [1.29, 1.82) is 0 Å². The molecule has 0 aliphatic rings. The lowest BCUT2D eigenvalue weighted by atomic mass is 10.2. The second-order valence-corrected chi connectivity index (χ2v) is 5.79. The van der Waals surface area contributed by atoms with Crippen LogP contribution in [0.5, 0.6) is 5.75 Å². The molecule has 2 heterocycles. The first kappa shape index (κ1) is 17.8. The molecule has 5 nitrogen and oxygen atoms in total. The fourth-order valence-electron chi connectivity index (χ4n) is 2.44. The first-order valence-corrected chi connectivity index (χ1v) is 7.86. The van der Waals surface area contributed by atoms with Gasteiger partial charge in [-0.3, -0.25) is 9.78 Å². The molecule has 0 aliphatic heterocycles. The van der Waals surface area contributed by atoms with E-state index < -0.39 is 18.8 Å². The third kappa shape index (κ3) is 4.33. The van der Waals surface area contributed by atoms with Crippen molar-refractivity contribution in [3.63, 3.8) is 0 Å². The Labute approximate surface area is 147 Å². The molecule has 136 valence electrons. The Kier molecular flexibility index (Phi) is 4.83. The number of aromatic amines is 1. The number of benzene rings is 1. The SMILES string of the molecule is CC(NC(=O)c1cc2ccccc2[nH]1)c1ccc(OCC(F)(F)F)cn1. The second kappa shape index (κ2) is 7.07. The molecule has 26 heavy (non-hydrogen) atoms. The quantitative estimate of drug-likeness (QED) is 0.720. The van der Waals surface area contributed by atoms with Crippen LogP contribution in [0.1, 0.15) is 29.1 Å². The number of nitrogens with zero attached hydrogens (tertiary/aromatic N) is 1. The number of ether oxygens (including phenoxy) is 1. The number of carbonyl (C=O) groups excluding carboxylic acids is 1. The molecule has 2 N–H and O–H groups in total. The van der Waals surface area contributed by atoms with E-state index in [1.54, 1.807) is 13.0 Å². The minimum absolute atomic E-state index is 0.0141. The van der Waals surface area contributed by atoms with Crippen LogP contribution in [0.25, 0.3) is 10.9 Å². The van der Waals surface area contributed by atoms with E-state index in [9.17, 15) is 18.0 Å². The Morgan fingerprint density at radius 2 is 2.04 bits per heavy atom. The van der Waals surface area contributed by atoms with E-state index in [1.807, 2.05) is 24.3 Å². The molecule has 1 amide bonds. The number of alkyl halides is 3. The van der Waals surface area contributed by atoms with Crippen LogP contribution in [0, 0.1) is 0 Å². The molecule has 1 unspecified atom stereocenters. The van der Waals surface area contributed by atoms with Gasteiger partial charge < -0.3 is 15.0 Å². The third-order valence-corrected chi connectivity index (χ3v) is 3.73. The molecular formula is C18H16F3N3O2. The summed E-state index contributed by atoms with van der Waals surface area (Å²) >= 11 is 0. The number of aromatic nitrogens is 2. The lowest BCUT2D eigenvalue weighted by Crippen LogP contribution is -2.27. The zero-order valence-electron chi connectivity index (χ0n) is 13.8. The van der Waals surface area contributed by atoms with Gasteiger partial charge in [-0.1, -0.05) is 18.2 Å². The number of pyridine rings is 1. The molecule has 3 rings (SSSR count). The molecule has 1 aromatic carbocycles. The molecule has 0 saturated carbocycles. The standard InChI is InChI=1S/C18H16F3N3O2/c1-11(14-7-6-13(9-22-14)26-10-18(19,20)21)23-17(25)16-8-12-4-2-3-5-15(12)24-16/h2-9,11,24H,10H2,1H3,(H,23,25). The van der Waals surface area contributed by atoms with E-state index in [2.05, 4.69) is 20.0 Å². The molecule has 8 heteroatoms. The van der Waals surface area contributed by atoms with Crippen molar-refractivity contribution in [2.75, 3.05) is 6.61 Å². The zero-order chi connectivity index (χ0) is 18.7. The summed E-state index contributed by atoms with van der Waals surface area (Å²) in [6.45, 7) is 0.361. The maximum atomic E-state index is 12.4. The van der Waals surface area contributed by atoms with E-state index in [0.29, 0.717) is 11.4 Å². The lowest BCUT2D eigenvalue weighted by Gasteiger charge is -2.14. The second-order valence-electron chi connectivity index (χ2n) is 5.79. The number of rotatable bonds is 5. The molecule has 0 bridgehead atoms. The molecule has 3 aromatic rings. The summed E-state index contributed by atoms with van der Waals surface area (Å²) in [5, 5.41) is 3.72. The van der Waals surface area contributed by atoms with Crippen LogP contribution >= 0.6 is 0 Å². The van der Waals surface area contributed by atoms with Crippen LogP contribution < -0.4 is 10.1 Å². The first-order chi connectivity index (χ1) is 12.3. The number of hydrogen-bond acceptors (Lipinski definition) is 3. The highest BCUT2D eigenvalue weighted by Crippen LogP contribution is 2.20. The Balaban J connectivity index is 1.63. The summed E-state index contributed by atoms with van der Waals surface area (Å²) in [5.74, 6) is -0.284. The topological polar surface area (TPSA) is 67.0 Å². The number of amides is 1. The van der Waals surface area contributed by atoms with Crippen molar-refractivity contribution < 1.29 is 22.7 Å². The van der Waals surface area contributed by atoms with Gasteiger partial charge in [-0.15, -0.1) is 0 Å². The first-order valence-electron chi connectivity index (χ1n) is 7.86. The monoisotopic (exact) mass is 363 g/mol. The predicted molar refractivity (Wildman–Crippen MR) is 90.0 cm³/mol. The van der Waals surface area contributed by atoms with Gasteiger partial charge >= 0.3 is 6.18 Å². The van der Waals surface area contributed by atoms with E-state index in [4.69, 9.17) is 0 Å². The number of fused-ring (bicyclic) bond motifs is 1. The van der Waals surface area contributed by atoms with Gasteiger partial charge in [-0.25, -0.2) is 0 Å². The molecule has 2 aromatic heterocycles. The number of carbonyl (C=O) groups is 1. The van der Waals surface area contributed by atoms with Crippen molar-refractivity contribution in [2.45, 2.75) is 19.1 Å². The zero-order valence-corrected chi connectivity index (χ0v) is 13.8. The van der Waals surface area contributed by atoms with Crippen molar-refractivity contribution in [3.05, 3.63) is 60.0 Å². The highest BCUT2D eigenvalue weighted by molar-refractivity contribution is 5.98. The van der Waals surface area contributed by atoms with Gasteiger partial charge in [0.25, 0.3) is 5.91 Å². The third-order valence-electron chi connectivity index (χ3n) is 3.73. The van der Waals surface area contributed by atoms with Crippen LogP contribution in [0.3, 0.4) is 0 Å². The molecule has 0 fully saturated rings. The summed E-state index contributed by atoms with van der Waals surface area (Å²) in [4.78, 5) is 19.4. The number of hydrogen-bond donors (Lipinski definition) is 2. The van der Waals surface area contributed by atoms with Crippen molar-refractivity contribution >= 4 is 16.8 Å². The fraction of sp³-hybridized carbons (Fsp3) is 0.222. The largest absolute Gasteiger partial charge is 0.483 e. The summed E-state index contributed by atoms with van der Waals surface area (Å²) in [5.41, 5.74) is 1.78. The predicted octanol–water partition coefficient (Wildman–Crippen LogP) is 4.00. The average Bonchev–Trinajstić information content (AvgIpc) is 3.04. The van der Waals surface area contributed by atoms with Crippen LogP contribution in [0.15, 0.2) is 48.7 Å². The highest BCUT2D eigenvalue weighted by atomic mass is 19.4. The summed E-state index contributed by atoms with van der Waals surface area (Å²) in [6.07, 6.45) is -3.20. The molecule has 1 atom stereocenters. The fourth-order valence-corrected chi connectivity index (χ4v) is 2.44. The molecule has 0 saturated heterocycles. The van der Waals surface area contributed by atoms with Crippen LogP contribution in [-0.2, 0) is 0 Å². The summed E-state index contributed by atoms with van der Waals surface area (Å²) in [6, 6.07) is 11.7. The number of nitrogens with one attached hydrogen (secondary N) is 2. The summed E-state index contributed by atoms with van der Waals surface area (Å²) < 4.78 is 41.0. The van der Waals surface area contributed by atoms with Gasteiger partial charge in [0.05, 0.1) is 17.9 Å². The Morgan fingerprint density at radius 3 is 2.69 bits per heavy atom. The van der Waals surface area contributed by atoms with E-state index >= 15 is 0 Å². The van der Waals surface area contributed by atoms with Gasteiger partial charge in [-0.05, 0) is 31.2 Å². The van der Waals surface area contributed by atoms with Crippen LogP contribution in [0.4, 0.5) is 13.2 Å². The molecular weight excluding hydrogens is 347 g/mol. The van der Waals surface area contributed by atoms with Crippen molar-refractivity contribution in [2.24, 2.45) is 0 Å². The minimum Gasteiger partial charge on any atom is -0.483 e. The lowest BCUT2D eigenvalue weighted by molar-refractivity contribution is -0.153. The molecule has 0 aliphatic carbocycles. The Hall–Kier alpha value is -3.03. The Bertz CT molecular complexity index is 871. The number of H-pyrrole nitrogens is 1. The molecule has 0 spiro atoms. The average molecular weight is 363 g/mol. The van der Waals surface area contributed by atoms with Crippen molar-refractivity contribution in [1.82, 2.24) is 15.3 Å². The van der Waals surface area contributed by atoms with Gasteiger partial charge in [-0.2, -0.15) is 13.2 Å². The summed E-state index contributed by atoms with van der Waals surface area (Å²) in [7, 11) is 0. The van der Waals surface area contributed by atoms with Gasteiger partial charge in [0.15, 0.2) is 6.61 Å². The Morgan fingerprint density at radius 1 is 1.27 bits per heavy atom. The van der Waals surface area contributed by atoms with E-state index in [1.165, 1.54) is 18.3 Å². The minimum atomic E-state index is -4.40. The number of halogens is 3. The maximum Gasteiger partial charge on any atom is 0.422 e. The maximum absolute atomic E-state index is 12.4. The van der Waals surface area contributed by atoms with Crippen LogP contribution in [-0.4, -0.2) is 28.7 Å². The van der Waals surface area contributed by atoms with Gasteiger partial charge in [0, 0.05) is 10.9 Å². The van der Waals surface area contributed by atoms with Crippen LogP contribution in [0.2, 0.25) is 0 Å². The highest BCUT2D eigenvalue weighted by Gasteiger charge is 2.28. The van der Waals surface area contributed by atoms with E-state index in [-0.39, 0.29) is 11.7 Å². The smallest absolute Gasteiger partial charge is 0.422 e. The van der Waals surface area contributed by atoms with E-state index in [0.717, 1.165) is 10.9 Å². The van der Waals surface area contributed by atoms with Gasteiger partial charge in [0.2, 0.25) is 0 Å². The molecule has 0 radical (unpaired) electrons. The van der Waals surface area contributed by atoms with Crippen molar-refractivity contribution in [3.8, 4) is 5.75 Å².